The zero-order valence-electron chi connectivity index (χ0n) is 9.73. The van der Waals surface area contributed by atoms with Gasteiger partial charge in [0.25, 0.3) is 0 Å². The Labute approximate surface area is 113 Å². The molecule has 0 fully saturated rings. The molecule has 2 aromatic rings. The van der Waals surface area contributed by atoms with Crippen LogP contribution in [0.2, 0.25) is 0 Å². The number of rotatable bonds is 3. The summed E-state index contributed by atoms with van der Waals surface area (Å²) in [7, 11) is 1.49. The first-order valence-corrected chi connectivity index (χ1v) is 6.18. The molecule has 0 aromatic heterocycles. The Morgan fingerprint density at radius 2 is 1.89 bits per heavy atom. The van der Waals surface area contributed by atoms with Crippen molar-refractivity contribution in [1.29, 1.82) is 0 Å². The third-order valence-electron chi connectivity index (χ3n) is 2.69. The quantitative estimate of drug-likeness (QED) is 0.937. The number of benzene rings is 2. The summed E-state index contributed by atoms with van der Waals surface area (Å²) in [5.74, 6) is 0.0524. The van der Waals surface area contributed by atoms with Crippen molar-refractivity contribution in [3.8, 4) is 5.75 Å². The van der Waals surface area contributed by atoms with Gasteiger partial charge in [-0.1, -0.05) is 34.1 Å². The molecule has 0 amide bonds. The van der Waals surface area contributed by atoms with Crippen molar-refractivity contribution in [2.75, 3.05) is 7.11 Å². The summed E-state index contributed by atoms with van der Waals surface area (Å²) in [6, 6.07) is 11.4. The highest BCUT2D eigenvalue weighted by atomic mass is 79.9. The molecule has 4 heteroatoms. The predicted molar refractivity (Wildman–Crippen MR) is 71.2 cm³/mol. The fourth-order valence-electron chi connectivity index (χ4n) is 1.78. The number of aliphatic hydroxyl groups excluding tert-OH is 1. The summed E-state index contributed by atoms with van der Waals surface area (Å²) in [6.07, 6.45) is -0.939. The van der Waals surface area contributed by atoms with E-state index in [-0.39, 0.29) is 0 Å². The smallest absolute Gasteiger partial charge is 0.125 e. The number of ether oxygens (including phenoxy) is 1. The van der Waals surface area contributed by atoms with Gasteiger partial charge in [0.05, 0.1) is 7.11 Å². The Kier molecular flexibility index (Phi) is 3.99. The zero-order chi connectivity index (χ0) is 13.1. The van der Waals surface area contributed by atoms with Crippen molar-refractivity contribution in [3.05, 3.63) is 63.9 Å². The van der Waals surface area contributed by atoms with E-state index >= 15 is 0 Å². The minimum atomic E-state index is -0.939. The van der Waals surface area contributed by atoms with Gasteiger partial charge < -0.3 is 9.84 Å². The molecule has 0 aliphatic carbocycles. The molecular formula is C14H12BrFO2. The molecule has 0 unspecified atom stereocenters. The molecule has 1 N–H and O–H groups in total. The van der Waals surface area contributed by atoms with E-state index in [4.69, 9.17) is 4.74 Å². The summed E-state index contributed by atoms with van der Waals surface area (Å²) in [4.78, 5) is 0. The minimum Gasteiger partial charge on any atom is -0.496 e. The van der Waals surface area contributed by atoms with Gasteiger partial charge in [-0.05, 0) is 29.8 Å². The van der Waals surface area contributed by atoms with Gasteiger partial charge in [-0.25, -0.2) is 4.39 Å². The van der Waals surface area contributed by atoms with Crippen molar-refractivity contribution in [2.45, 2.75) is 6.10 Å². The first-order valence-electron chi connectivity index (χ1n) is 5.39. The highest BCUT2D eigenvalue weighted by molar-refractivity contribution is 9.10. The highest BCUT2D eigenvalue weighted by Crippen LogP contribution is 2.33. The van der Waals surface area contributed by atoms with E-state index in [9.17, 15) is 9.50 Å². The molecule has 2 rings (SSSR count). The van der Waals surface area contributed by atoms with Crippen LogP contribution in [-0.2, 0) is 0 Å². The molecule has 1 atom stereocenters. The fraction of sp³-hybridized carbons (Fsp3) is 0.143. The first kappa shape index (κ1) is 13.1. The molecule has 0 aliphatic rings. The summed E-state index contributed by atoms with van der Waals surface area (Å²) in [6.45, 7) is 0. The number of halogens is 2. The molecule has 0 aliphatic heterocycles. The monoisotopic (exact) mass is 310 g/mol. The molecule has 0 saturated heterocycles. The Bertz CT molecular complexity index is 557. The number of aliphatic hydroxyl groups is 1. The standard InChI is InChI=1S/C14H12BrFO2/c1-18-13-7-6-9(16)8-11(13)14(17)10-4-2-3-5-12(10)15/h2-8,14,17H,1H3/t14-/m1/s1. The molecule has 0 spiro atoms. The van der Waals surface area contributed by atoms with E-state index in [1.807, 2.05) is 18.2 Å². The van der Waals surface area contributed by atoms with E-state index < -0.39 is 11.9 Å². The molecule has 2 aromatic carbocycles. The third kappa shape index (κ3) is 2.54. The van der Waals surface area contributed by atoms with Crippen LogP contribution in [0.5, 0.6) is 5.75 Å². The van der Waals surface area contributed by atoms with Gasteiger partial charge in [0, 0.05) is 10.0 Å². The van der Waals surface area contributed by atoms with Crippen LogP contribution in [0.1, 0.15) is 17.2 Å². The van der Waals surface area contributed by atoms with Gasteiger partial charge in [0.2, 0.25) is 0 Å². The van der Waals surface area contributed by atoms with Crippen LogP contribution >= 0.6 is 15.9 Å². The Morgan fingerprint density at radius 3 is 2.56 bits per heavy atom. The van der Waals surface area contributed by atoms with Crippen LogP contribution in [0.25, 0.3) is 0 Å². The van der Waals surface area contributed by atoms with Crippen LogP contribution in [0.15, 0.2) is 46.9 Å². The number of hydrogen-bond donors (Lipinski definition) is 1. The lowest BCUT2D eigenvalue weighted by Crippen LogP contribution is -2.03. The van der Waals surface area contributed by atoms with Crippen molar-refractivity contribution >= 4 is 15.9 Å². The summed E-state index contributed by atoms with van der Waals surface area (Å²) >= 11 is 3.36. The second kappa shape index (κ2) is 5.50. The van der Waals surface area contributed by atoms with E-state index in [0.717, 1.165) is 4.47 Å². The maximum absolute atomic E-state index is 13.3. The van der Waals surface area contributed by atoms with Crippen LogP contribution in [0, 0.1) is 5.82 Å². The van der Waals surface area contributed by atoms with Gasteiger partial charge >= 0.3 is 0 Å². The van der Waals surface area contributed by atoms with Crippen LogP contribution < -0.4 is 4.74 Å². The van der Waals surface area contributed by atoms with Gasteiger partial charge in [-0.15, -0.1) is 0 Å². The largest absolute Gasteiger partial charge is 0.496 e. The second-order valence-corrected chi connectivity index (χ2v) is 4.66. The van der Waals surface area contributed by atoms with Crippen molar-refractivity contribution in [2.24, 2.45) is 0 Å². The molecule has 2 nitrogen and oxygen atoms in total. The Hall–Kier alpha value is -1.39. The van der Waals surface area contributed by atoms with Crippen molar-refractivity contribution in [1.82, 2.24) is 0 Å². The molecule has 0 radical (unpaired) electrons. The van der Waals surface area contributed by atoms with Crippen LogP contribution in [0.3, 0.4) is 0 Å². The molecule has 0 saturated carbocycles. The van der Waals surface area contributed by atoms with E-state index in [1.165, 1.54) is 25.3 Å². The number of hydrogen-bond acceptors (Lipinski definition) is 2. The third-order valence-corrected chi connectivity index (χ3v) is 3.41. The van der Waals surface area contributed by atoms with Gasteiger partial charge in [-0.2, -0.15) is 0 Å². The zero-order valence-corrected chi connectivity index (χ0v) is 11.3. The lowest BCUT2D eigenvalue weighted by molar-refractivity contribution is 0.213. The molecule has 0 bridgehead atoms. The van der Waals surface area contributed by atoms with Crippen LogP contribution in [-0.4, -0.2) is 12.2 Å². The molecule has 18 heavy (non-hydrogen) atoms. The first-order chi connectivity index (χ1) is 8.63. The van der Waals surface area contributed by atoms with Gasteiger partial charge in [-0.3, -0.25) is 0 Å². The van der Waals surface area contributed by atoms with Crippen LogP contribution in [0.4, 0.5) is 4.39 Å². The highest BCUT2D eigenvalue weighted by Gasteiger charge is 2.18. The van der Waals surface area contributed by atoms with E-state index in [2.05, 4.69) is 15.9 Å². The Morgan fingerprint density at radius 1 is 1.17 bits per heavy atom. The maximum Gasteiger partial charge on any atom is 0.125 e. The Balaban J connectivity index is 2.48. The van der Waals surface area contributed by atoms with Crippen molar-refractivity contribution in [3.63, 3.8) is 0 Å². The minimum absolute atomic E-state index is 0.406. The molecule has 0 heterocycles. The molecular weight excluding hydrogens is 299 g/mol. The SMILES string of the molecule is COc1ccc(F)cc1[C@H](O)c1ccccc1Br. The average molecular weight is 311 g/mol. The van der Waals surface area contributed by atoms with E-state index in [0.29, 0.717) is 16.9 Å². The fourth-order valence-corrected chi connectivity index (χ4v) is 2.28. The molecule has 94 valence electrons. The second-order valence-electron chi connectivity index (χ2n) is 3.81. The van der Waals surface area contributed by atoms with Gasteiger partial charge in [0.1, 0.15) is 17.7 Å². The maximum atomic E-state index is 13.3. The van der Waals surface area contributed by atoms with Gasteiger partial charge in [0.15, 0.2) is 0 Å². The average Bonchev–Trinajstić information content (AvgIpc) is 2.38. The lowest BCUT2D eigenvalue weighted by atomic mass is 10.0. The predicted octanol–water partition coefficient (Wildman–Crippen LogP) is 3.68. The summed E-state index contributed by atoms with van der Waals surface area (Å²) in [5, 5.41) is 10.3. The van der Waals surface area contributed by atoms with E-state index in [1.54, 1.807) is 6.07 Å². The lowest BCUT2D eigenvalue weighted by Gasteiger charge is -2.16. The topological polar surface area (TPSA) is 29.5 Å². The number of methoxy groups -OCH3 is 1. The normalized spacial score (nSPS) is 12.2. The summed E-state index contributed by atoms with van der Waals surface area (Å²) in [5.41, 5.74) is 1.07. The summed E-state index contributed by atoms with van der Waals surface area (Å²) < 4.78 is 19.2. The van der Waals surface area contributed by atoms with Crippen molar-refractivity contribution < 1.29 is 14.2 Å².